The maximum absolute atomic E-state index is 12.3. The standard InChI is InChI=1S/C20H31ClN2O3/c1-13-16(21)12-15(6-9-22)18(25-5)17(13)14-7-10-23(11-8-14)19(24)26-20(2,3)4/h12,14H,6-11,22H2,1-5H3. The Labute approximate surface area is 161 Å². The Morgan fingerprint density at radius 2 is 1.96 bits per heavy atom. The van der Waals surface area contributed by atoms with Gasteiger partial charge in [0.1, 0.15) is 11.4 Å². The Hall–Kier alpha value is -1.46. The summed E-state index contributed by atoms with van der Waals surface area (Å²) in [6.07, 6.45) is 2.21. The first kappa shape index (κ1) is 20.8. The monoisotopic (exact) mass is 382 g/mol. The van der Waals surface area contributed by atoms with Gasteiger partial charge >= 0.3 is 6.09 Å². The lowest BCUT2D eigenvalue weighted by Gasteiger charge is -2.35. The molecule has 0 aliphatic carbocycles. The van der Waals surface area contributed by atoms with Gasteiger partial charge in [0.25, 0.3) is 0 Å². The summed E-state index contributed by atoms with van der Waals surface area (Å²) in [5.74, 6) is 1.20. The van der Waals surface area contributed by atoms with E-state index in [1.54, 1.807) is 12.0 Å². The number of halogens is 1. The van der Waals surface area contributed by atoms with Gasteiger partial charge in [-0.1, -0.05) is 11.6 Å². The van der Waals surface area contributed by atoms with Crippen LogP contribution < -0.4 is 10.5 Å². The summed E-state index contributed by atoms with van der Waals surface area (Å²) in [7, 11) is 1.70. The van der Waals surface area contributed by atoms with E-state index in [-0.39, 0.29) is 6.09 Å². The molecule has 5 nitrogen and oxygen atoms in total. The van der Waals surface area contributed by atoms with Crippen molar-refractivity contribution in [2.24, 2.45) is 5.73 Å². The van der Waals surface area contributed by atoms with Crippen molar-refractivity contribution in [1.29, 1.82) is 0 Å². The van der Waals surface area contributed by atoms with E-state index >= 15 is 0 Å². The highest BCUT2D eigenvalue weighted by Gasteiger charge is 2.30. The molecule has 2 rings (SSSR count). The molecular weight excluding hydrogens is 352 g/mol. The summed E-state index contributed by atoms with van der Waals surface area (Å²) in [6.45, 7) is 9.57. The van der Waals surface area contributed by atoms with E-state index in [0.29, 0.717) is 25.6 Å². The van der Waals surface area contributed by atoms with Crippen molar-refractivity contribution in [2.45, 2.75) is 58.5 Å². The zero-order chi connectivity index (χ0) is 19.5. The molecule has 1 aliphatic rings. The average molecular weight is 383 g/mol. The third-order valence-corrected chi connectivity index (χ3v) is 5.16. The molecule has 1 heterocycles. The number of nitrogens with two attached hydrogens (primary N) is 1. The van der Waals surface area contributed by atoms with E-state index in [1.807, 2.05) is 33.8 Å². The van der Waals surface area contributed by atoms with Gasteiger partial charge in [-0.05, 0) is 76.6 Å². The van der Waals surface area contributed by atoms with Gasteiger partial charge in [-0.25, -0.2) is 4.79 Å². The minimum absolute atomic E-state index is 0.241. The molecule has 0 bridgehead atoms. The van der Waals surface area contributed by atoms with E-state index in [9.17, 15) is 4.79 Å². The number of rotatable bonds is 4. The normalized spacial score (nSPS) is 15.9. The van der Waals surface area contributed by atoms with E-state index in [0.717, 1.165) is 46.7 Å². The molecule has 1 aliphatic heterocycles. The molecule has 1 aromatic rings. The lowest BCUT2D eigenvalue weighted by Crippen LogP contribution is -2.41. The molecule has 0 atom stereocenters. The molecular formula is C20H31ClN2O3. The molecule has 1 amide bonds. The first-order valence-corrected chi connectivity index (χ1v) is 9.59. The fourth-order valence-electron chi connectivity index (χ4n) is 3.55. The topological polar surface area (TPSA) is 64.8 Å². The van der Waals surface area contributed by atoms with E-state index < -0.39 is 5.60 Å². The Balaban J connectivity index is 2.20. The van der Waals surface area contributed by atoms with Gasteiger partial charge in [-0.15, -0.1) is 0 Å². The van der Waals surface area contributed by atoms with Crippen LogP contribution in [0.15, 0.2) is 6.07 Å². The van der Waals surface area contributed by atoms with Crippen molar-refractivity contribution < 1.29 is 14.3 Å². The average Bonchev–Trinajstić information content (AvgIpc) is 2.56. The SMILES string of the molecule is COc1c(CCN)cc(Cl)c(C)c1C1CCN(C(=O)OC(C)(C)C)CC1. The summed E-state index contributed by atoms with van der Waals surface area (Å²) < 4.78 is 11.2. The van der Waals surface area contributed by atoms with E-state index in [2.05, 4.69) is 0 Å². The molecule has 0 saturated carbocycles. The second-order valence-corrected chi connectivity index (χ2v) is 8.28. The first-order valence-electron chi connectivity index (χ1n) is 9.21. The lowest BCUT2D eigenvalue weighted by atomic mass is 9.84. The minimum atomic E-state index is -0.474. The zero-order valence-electron chi connectivity index (χ0n) is 16.5. The van der Waals surface area contributed by atoms with E-state index in [1.165, 1.54) is 0 Å². The van der Waals surface area contributed by atoms with Crippen LogP contribution in [0.2, 0.25) is 5.02 Å². The smallest absolute Gasteiger partial charge is 0.410 e. The second kappa shape index (κ2) is 8.49. The summed E-state index contributed by atoms with van der Waals surface area (Å²) in [6, 6.07) is 1.96. The number of hydrogen-bond acceptors (Lipinski definition) is 4. The number of ether oxygens (including phenoxy) is 2. The highest BCUT2D eigenvalue weighted by atomic mass is 35.5. The van der Waals surface area contributed by atoms with Gasteiger partial charge < -0.3 is 20.1 Å². The fourth-order valence-corrected chi connectivity index (χ4v) is 3.78. The fraction of sp³-hybridized carbons (Fsp3) is 0.650. The van der Waals surface area contributed by atoms with Gasteiger partial charge in [-0.3, -0.25) is 0 Å². The summed E-state index contributed by atoms with van der Waals surface area (Å²) in [5, 5.41) is 0.749. The number of methoxy groups -OCH3 is 1. The third-order valence-electron chi connectivity index (χ3n) is 4.77. The molecule has 2 N–H and O–H groups in total. The number of likely N-dealkylation sites (tertiary alicyclic amines) is 1. The number of amides is 1. The zero-order valence-corrected chi connectivity index (χ0v) is 17.3. The van der Waals surface area contributed by atoms with Gasteiger partial charge in [0.05, 0.1) is 7.11 Å². The number of benzene rings is 1. The van der Waals surface area contributed by atoms with Crippen molar-refractivity contribution in [2.75, 3.05) is 26.7 Å². The molecule has 146 valence electrons. The van der Waals surface area contributed by atoms with Crippen molar-refractivity contribution in [3.63, 3.8) is 0 Å². The number of piperidine rings is 1. The molecule has 26 heavy (non-hydrogen) atoms. The van der Waals surface area contributed by atoms with Crippen molar-refractivity contribution in [3.8, 4) is 5.75 Å². The number of carbonyl (C=O) groups excluding carboxylic acids is 1. The molecule has 1 fully saturated rings. The summed E-state index contributed by atoms with van der Waals surface area (Å²) >= 11 is 6.47. The van der Waals surface area contributed by atoms with Crippen molar-refractivity contribution >= 4 is 17.7 Å². The molecule has 0 unspecified atom stereocenters. The van der Waals surface area contributed by atoms with Crippen LogP contribution in [0.3, 0.4) is 0 Å². The van der Waals surface area contributed by atoms with Crippen LogP contribution >= 0.6 is 11.6 Å². The minimum Gasteiger partial charge on any atom is -0.496 e. The maximum Gasteiger partial charge on any atom is 0.410 e. The highest BCUT2D eigenvalue weighted by Crippen LogP contribution is 2.41. The first-order chi connectivity index (χ1) is 12.2. The quantitative estimate of drug-likeness (QED) is 0.844. The van der Waals surface area contributed by atoms with Crippen LogP contribution in [0, 0.1) is 6.92 Å². The molecule has 0 aromatic heterocycles. The number of hydrogen-bond donors (Lipinski definition) is 1. The van der Waals surface area contributed by atoms with Crippen LogP contribution in [0.5, 0.6) is 5.75 Å². The third kappa shape index (κ3) is 4.83. The van der Waals surface area contributed by atoms with Crippen molar-refractivity contribution in [3.05, 3.63) is 27.8 Å². The van der Waals surface area contributed by atoms with Gasteiger partial charge in [-0.2, -0.15) is 0 Å². The Morgan fingerprint density at radius 1 is 1.35 bits per heavy atom. The largest absolute Gasteiger partial charge is 0.496 e. The summed E-state index contributed by atoms with van der Waals surface area (Å²) in [4.78, 5) is 14.1. The van der Waals surface area contributed by atoms with Gasteiger partial charge in [0, 0.05) is 23.7 Å². The predicted octanol–water partition coefficient (Wildman–Crippen LogP) is 4.27. The molecule has 1 saturated heterocycles. The van der Waals surface area contributed by atoms with Gasteiger partial charge in [0.2, 0.25) is 0 Å². The van der Waals surface area contributed by atoms with Gasteiger partial charge in [0.15, 0.2) is 0 Å². The van der Waals surface area contributed by atoms with E-state index in [4.69, 9.17) is 26.8 Å². The second-order valence-electron chi connectivity index (χ2n) is 7.87. The maximum atomic E-state index is 12.3. The molecule has 1 aromatic carbocycles. The highest BCUT2D eigenvalue weighted by molar-refractivity contribution is 6.31. The summed E-state index contributed by atoms with van der Waals surface area (Å²) in [5.41, 5.74) is 8.54. The Morgan fingerprint density at radius 3 is 2.46 bits per heavy atom. The van der Waals surface area contributed by atoms with Crippen LogP contribution in [0.1, 0.15) is 56.2 Å². The Bertz CT molecular complexity index is 647. The molecule has 6 heteroatoms. The van der Waals surface area contributed by atoms with Crippen molar-refractivity contribution in [1.82, 2.24) is 4.90 Å². The van der Waals surface area contributed by atoms with Crippen LogP contribution in [0.25, 0.3) is 0 Å². The number of nitrogens with zero attached hydrogens (tertiary/aromatic N) is 1. The van der Waals surface area contributed by atoms with Crippen LogP contribution in [-0.2, 0) is 11.2 Å². The van der Waals surface area contributed by atoms with Crippen LogP contribution in [0.4, 0.5) is 4.79 Å². The van der Waals surface area contributed by atoms with Crippen LogP contribution in [-0.4, -0.2) is 43.3 Å². The number of carbonyl (C=O) groups is 1. The molecule has 0 radical (unpaired) electrons. The Kier molecular flexibility index (Phi) is 6.80. The predicted molar refractivity (Wildman–Crippen MR) is 105 cm³/mol. The molecule has 0 spiro atoms. The lowest BCUT2D eigenvalue weighted by molar-refractivity contribution is 0.0204.